The van der Waals surface area contributed by atoms with Crippen LogP contribution in [0.1, 0.15) is 5.56 Å². The van der Waals surface area contributed by atoms with Gasteiger partial charge in [0.05, 0.1) is 0 Å². The number of nitrogens with one attached hydrogen (secondary N) is 1. The Kier molecular flexibility index (Phi) is 7.73. The molecule has 0 heterocycles. The van der Waals surface area contributed by atoms with Crippen molar-refractivity contribution in [1.29, 1.82) is 0 Å². The first-order valence-corrected chi connectivity index (χ1v) is 11.2. The number of nitrogens with zero attached hydrogens (tertiary/aromatic N) is 1. The van der Waals surface area contributed by atoms with Crippen LogP contribution in [0.5, 0.6) is 0 Å². The summed E-state index contributed by atoms with van der Waals surface area (Å²) in [6, 6.07) is 19.7. The van der Waals surface area contributed by atoms with E-state index in [0.717, 1.165) is 10.9 Å². The minimum absolute atomic E-state index is 0.138. The van der Waals surface area contributed by atoms with E-state index >= 15 is 0 Å². The van der Waals surface area contributed by atoms with Crippen LogP contribution < -0.4 is 5.32 Å². The molecule has 2 aromatic carbocycles. The molecule has 0 atom stereocenters. The van der Waals surface area contributed by atoms with Gasteiger partial charge >= 0.3 is 146 Å². The Morgan fingerprint density at radius 3 is 2.39 bits per heavy atom. The molecule has 23 heavy (non-hydrogen) atoms. The molecule has 1 amide bonds. The van der Waals surface area contributed by atoms with Gasteiger partial charge in [-0.1, -0.05) is 0 Å². The Hall–Kier alpha value is -1.75. The van der Waals surface area contributed by atoms with Crippen LogP contribution >= 0.6 is 10.2 Å². The van der Waals surface area contributed by atoms with Crippen LogP contribution in [0, 0.1) is 0 Å². The molecule has 2 aromatic rings. The van der Waals surface area contributed by atoms with Gasteiger partial charge in [0.25, 0.3) is 0 Å². The molecule has 2 rings (SSSR count). The molecule has 0 aliphatic heterocycles. The minimum atomic E-state index is -0.308. The van der Waals surface area contributed by atoms with Crippen molar-refractivity contribution < 1.29 is 10.0 Å². The molecular weight excluding hydrogens is 375 g/mol. The van der Waals surface area contributed by atoms with Crippen molar-refractivity contribution in [1.82, 2.24) is 5.32 Å². The summed E-state index contributed by atoms with van der Waals surface area (Å²) in [6.07, 6.45) is 0.326. The second-order valence-corrected chi connectivity index (χ2v) is 8.95. The van der Waals surface area contributed by atoms with Crippen molar-refractivity contribution in [2.45, 2.75) is 16.6 Å². The second-order valence-electron chi connectivity index (χ2n) is 4.68. The maximum absolute atomic E-state index is 12.0. The van der Waals surface area contributed by atoms with E-state index in [2.05, 4.69) is 22.6 Å². The molecule has 6 heteroatoms. The van der Waals surface area contributed by atoms with Crippen molar-refractivity contribution in [3.8, 4) is 0 Å². The van der Waals surface area contributed by atoms with Crippen LogP contribution in [-0.4, -0.2) is 37.2 Å². The zero-order chi connectivity index (χ0) is 16.3. The van der Waals surface area contributed by atoms with Crippen LogP contribution in [-0.2, 0) is 11.2 Å². The molecule has 0 bridgehead atoms. The van der Waals surface area contributed by atoms with Gasteiger partial charge in [-0.3, -0.25) is 0 Å². The molecule has 0 spiro atoms. The molecule has 0 unspecified atom stereocenters. The van der Waals surface area contributed by atoms with Crippen molar-refractivity contribution in [2.75, 3.05) is 6.54 Å². The van der Waals surface area contributed by atoms with E-state index < -0.39 is 0 Å². The first-order chi connectivity index (χ1) is 11.3. The van der Waals surface area contributed by atoms with E-state index in [4.69, 9.17) is 5.21 Å². The summed E-state index contributed by atoms with van der Waals surface area (Å²) in [5, 5.41) is 15.9. The monoisotopic (exact) mass is 394 g/mol. The van der Waals surface area contributed by atoms with Gasteiger partial charge in [-0.2, -0.15) is 0 Å². The van der Waals surface area contributed by atoms with Gasteiger partial charge in [-0.15, -0.1) is 0 Å². The summed E-state index contributed by atoms with van der Waals surface area (Å²) < 4.78 is 0. The van der Waals surface area contributed by atoms with Gasteiger partial charge in [0.1, 0.15) is 0 Å². The van der Waals surface area contributed by atoms with E-state index in [-0.39, 0.29) is 11.6 Å². The zero-order valence-electron chi connectivity index (χ0n) is 12.5. The van der Waals surface area contributed by atoms with Crippen molar-refractivity contribution in [2.24, 2.45) is 5.16 Å². The third kappa shape index (κ3) is 6.48. The zero-order valence-corrected chi connectivity index (χ0v) is 15.0. The Bertz CT molecular complexity index is 636. The van der Waals surface area contributed by atoms with Gasteiger partial charge < -0.3 is 0 Å². The van der Waals surface area contributed by atoms with Crippen LogP contribution in [0.25, 0.3) is 0 Å². The molecule has 0 aromatic heterocycles. The van der Waals surface area contributed by atoms with Gasteiger partial charge in [0.15, 0.2) is 0 Å². The standard InChI is InChI=1S/C17H18N2O2SSe/c20-17(16(19-21)13-14-7-3-1-4-8-14)18-11-12-23-22-15-9-5-2-6-10-15/h1-10,21H,11-13H2,(H,18,20)/b19-16+. The molecule has 0 saturated carbocycles. The molecule has 2 N–H and O–H groups in total. The Labute approximate surface area is 145 Å². The van der Waals surface area contributed by atoms with E-state index in [1.807, 2.05) is 58.7 Å². The summed E-state index contributed by atoms with van der Waals surface area (Å²) in [7, 11) is 1.82. The second kappa shape index (κ2) is 10.1. The summed E-state index contributed by atoms with van der Waals surface area (Å²) >= 11 is 0.366. The molecule has 0 aliphatic carbocycles. The predicted molar refractivity (Wildman–Crippen MR) is 95.2 cm³/mol. The number of carbonyl (C=O) groups is 1. The van der Waals surface area contributed by atoms with Crippen LogP contribution in [0.4, 0.5) is 0 Å². The number of hydrogen-bond acceptors (Lipinski definition) is 4. The van der Waals surface area contributed by atoms with E-state index in [0.29, 0.717) is 26.8 Å². The van der Waals surface area contributed by atoms with E-state index in [1.165, 1.54) is 4.90 Å². The SMILES string of the molecule is O=C(NCC[Se]Sc1ccccc1)/C(Cc1ccccc1)=N/O. The van der Waals surface area contributed by atoms with Gasteiger partial charge in [-0.05, 0) is 0 Å². The van der Waals surface area contributed by atoms with Crippen LogP contribution in [0.15, 0.2) is 70.7 Å². The summed E-state index contributed by atoms with van der Waals surface area (Å²) in [5.41, 5.74) is 1.08. The quantitative estimate of drug-likeness (QED) is 0.238. The fraction of sp³-hybridized carbons (Fsp3) is 0.176. The van der Waals surface area contributed by atoms with Gasteiger partial charge in [0.2, 0.25) is 0 Å². The number of hydrogen-bond donors (Lipinski definition) is 2. The topological polar surface area (TPSA) is 61.7 Å². The third-order valence-electron chi connectivity index (χ3n) is 2.97. The number of rotatable bonds is 8. The Morgan fingerprint density at radius 1 is 1.09 bits per heavy atom. The van der Waals surface area contributed by atoms with Crippen LogP contribution in [0.3, 0.4) is 0 Å². The number of benzene rings is 2. The van der Waals surface area contributed by atoms with E-state index in [9.17, 15) is 4.79 Å². The molecule has 0 saturated heterocycles. The first kappa shape index (κ1) is 17.6. The van der Waals surface area contributed by atoms with Crippen molar-refractivity contribution in [3.63, 3.8) is 0 Å². The number of oxime groups is 1. The molecule has 0 aliphatic rings. The number of amides is 1. The van der Waals surface area contributed by atoms with Gasteiger partial charge in [0, 0.05) is 0 Å². The first-order valence-electron chi connectivity index (χ1n) is 7.17. The molecule has 0 radical (unpaired) electrons. The fourth-order valence-corrected chi connectivity index (χ4v) is 5.23. The van der Waals surface area contributed by atoms with Crippen molar-refractivity contribution >= 4 is 35.6 Å². The molecular formula is C17H18N2O2SSe. The molecule has 0 fully saturated rings. The predicted octanol–water partition coefficient (Wildman–Crippen LogP) is 3.01. The summed E-state index contributed by atoms with van der Waals surface area (Å²) in [6.45, 7) is 0.590. The average Bonchev–Trinajstić information content (AvgIpc) is 2.61. The summed E-state index contributed by atoms with van der Waals surface area (Å²) in [4.78, 5) is 13.3. The molecule has 120 valence electrons. The number of carbonyl (C=O) groups excluding carboxylic acids is 1. The van der Waals surface area contributed by atoms with Crippen molar-refractivity contribution in [3.05, 3.63) is 66.2 Å². The fourth-order valence-electron chi connectivity index (χ4n) is 1.84. The molecule has 4 nitrogen and oxygen atoms in total. The third-order valence-corrected chi connectivity index (χ3v) is 7.15. The van der Waals surface area contributed by atoms with Crippen LogP contribution in [0.2, 0.25) is 5.32 Å². The average molecular weight is 393 g/mol. The summed E-state index contributed by atoms with van der Waals surface area (Å²) in [5.74, 6) is -0.308. The Morgan fingerprint density at radius 2 is 1.74 bits per heavy atom. The van der Waals surface area contributed by atoms with E-state index in [1.54, 1.807) is 0 Å². The maximum atomic E-state index is 12.0. The normalized spacial score (nSPS) is 11.2. The Balaban J connectivity index is 1.69. The van der Waals surface area contributed by atoms with Gasteiger partial charge in [-0.25, -0.2) is 0 Å².